The van der Waals surface area contributed by atoms with Crippen LogP contribution in [0.2, 0.25) is 0 Å². The number of thioether (sulfide) groups is 1. The first kappa shape index (κ1) is 12.6. The second-order valence-corrected chi connectivity index (χ2v) is 4.29. The van der Waals surface area contributed by atoms with Crippen LogP contribution in [0.25, 0.3) is 0 Å². The zero-order valence-corrected chi connectivity index (χ0v) is 10.0. The van der Waals surface area contributed by atoms with Crippen LogP contribution >= 0.6 is 11.8 Å². The van der Waals surface area contributed by atoms with Crippen LogP contribution in [0, 0.1) is 5.92 Å². The molecule has 1 unspecified atom stereocenters. The van der Waals surface area contributed by atoms with Crippen molar-refractivity contribution < 1.29 is 0 Å². The third-order valence-electron chi connectivity index (χ3n) is 2.24. The fourth-order valence-electron chi connectivity index (χ4n) is 1.01. The van der Waals surface area contributed by atoms with Crippen molar-refractivity contribution >= 4 is 11.8 Å². The molecule has 1 atom stereocenters. The predicted molar refractivity (Wildman–Crippen MR) is 65.0 cm³/mol. The van der Waals surface area contributed by atoms with Gasteiger partial charge in [-0.2, -0.15) is 0 Å². The van der Waals surface area contributed by atoms with Crippen LogP contribution in [-0.4, -0.2) is 6.26 Å². The van der Waals surface area contributed by atoms with Gasteiger partial charge in [0.25, 0.3) is 0 Å². The van der Waals surface area contributed by atoms with Crippen molar-refractivity contribution in [1.29, 1.82) is 0 Å². The molecule has 0 radical (unpaired) electrons. The van der Waals surface area contributed by atoms with Gasteiger partial charge < -0.3 is 0 Å². The molecule has 0 N–H and O–H groups in total. The third-order valence-corrected chi connectivity index (χ3v) is 2.84. The van der Waals surface area contributed by atoms with Crippen molar-refractivity contribution in [3.63, 3.8) is 0 Å². The van der Waals surface area contributed by atoms with E-state index in [1.165, 1.54) is 11.1 Å². The SMILES string of the molecule is C=C(C)C(=C)CC(C)/C(C)=C\SC. The summed E-state index contributed by atoms with van der Waals surface area (Å²) in [6.07, 6.45) is 3.11. The number of hydrogen-bond acceptors (Lipinski definition) is 1. The van der Waals surface area contributed by atoms with E-state index < -0.39 is 0 Å². The third kappa shape index (κ3) is 4.99. The molecule has 0 fully saturated rings. The van der Waals surface area contributed by atoms with E-state index in [0.717, 1.165) is 12.0 Å². The molecule has 0 heterocycles. The smallest absolute Gasteiger partial charge is 0.0142 e. The lowest BCUT2D eigenvalue weighted by molar-refractivity contribution is 0.679. The van der Waals surface area contributed by atoms with Gasteiger partial charge in [0.05, 0.1) is 0 Å². The van der Waals surface area contributed by atoms with Crippen LogP contribution in [0.5, 0.6) is 0 Å². The first-order valence-corrected chi connectivity index (χ1v) is 5.81. The molecule has 0 aliphatic heterocycles. The van der Waals surface area contributed by atoms with E-state index in [9.17, 15) is 0 Å². The standard InChI is InChI=1S/C12H20S/c1-9(2)10(3)7-11(4)12(5)8-13-6/h8,11H,1,3,7H2,2,4-6H3/b12-8-. The molecule has 0 saturated carbocycles. The van der Waals surface area contributed by atoms with E-state index in [1.807, 2.05) is 6.92 Å². The van der Waals surface area contributed by atoms with Crippen LogP contribution in [0.1, 0.15) is 27.2 Å². The van der Waals surface area contributed by atoms with E-state index in [0.29, 0.717) is 5.92 Å². The summed E-state index contributed by atoms with van der Waals surface area (Å²) < 4.78 is 0. The quantitative estimate of drug-likeness (QED) is 0.587. The molecule has 13 heavy (non-hydrogen) atoms. The summed E-state index contributed by atoms with van der Waals surface area (Å²) in [7, 11) is 0. The summed E-state index contributed by atoms with van der Waals surface area (Å²) in [4.78, 5) is 0. The summed E-state index contributed by atoms with van der Waals surface area (Å²) in [6, 6.07) is 0. The van der Waals surface area contributed by atoms with Crippen LogP contribution in [0.15, 0.2) is 35.3 Å². The summed E-state index contributed by atoms with van der Waals surface area (Å²) in [6.45, 7) is 14.3. The molecule has 0 aliphatic carbocycles. The molecule has 74 valence electrons. The van der Waals surface area contributed by atoms with E-state index >= 15 is 0 Å². The van der Waals surface area contributed by atoms with Crippen LogP contribution in [0.4, 0.5) is 0 Å². The minimum atomic E-state index is 0.580. The molecule has 0 aromatic carbocycles. The molecule has 0 saturated heterocycles. The summed E-state index contributed by atoms with van der Waals surface area (Å²) in [5.74, 6) is 0.580. The first-order chi connectivity index (χ1) is 5.99. The lowest BCUT2D eigenvalue weighted by atomic mass is 9.93. The van der Waals surface area contributed by atoms with Crippen molar-refractivity contribution in [3.8, 4) is 0 Å². The molecular formula is C12H20S. The molecule has 0 nitrogen and oxygen atoms in total. The largest absolute Gasteiger partial charge is 0.138 e. The van der Waals surface area contributed by atoms with Gasteiger partial charge in [-0.15, -0.1) is 11.8 Å². The van der Waals surface area contributed by atoms with Gasteiger partial charge in [0.1, 0.15) is 0 Å². The molecule has 0 rings (SSSR count). The topological polar surface area (TPSA) is 0 Å². The van der Waals surface area contributed by atoms with E-state index in [4.69, 9.17) is 0 Å². The van der Waals surface area contributed by atoms with Gasteiger partial charge in [-0.1, -0.05) is 36.8 Å². The Morgan fingerprint density at radius 3 is 2.31 bits per heavy atom. The highest BCUT2D eigenvalue weighted by Gasteiger charge is 2.06. The Labute approximate surface area is 86.8 Å². The fourth-order valence-corrected chi connectivity index (χ4v) is 1.61. The van der Waals surface area contributed by atoms with Gasteiger partial charge in [-0.25, -0.2) is 0 Å². The van der Waals surface area contributed by atoms with Crippen molar-refractivity contribution in [2.45, 2.75) is 27.2 Å². The molecule has 0 aliphatic rings. The lowest BCUT2D eigenvalue weighted by Gasteiger charge is -2.13. The molecule has 0 amide bonds. The van der Waals surface area contributed by atoms with Crippen LogP contribution in [0.3, 0.4) is 0 Å². The van der Waals surface area contributed by atoms with Gasteiger partial charge in [0, 0.05) is 0 Å². The molecule has 1 heteroatoms. The number of hydrogen-bond donors (Lipinski definition) is 0. The summed E-state index contributed by atoms with van der Waals surface area (Å²) in [5, 5.41) is 2.20. The monoisotopic (exact) mass is 196 g/mol. The Hall–Kier alpha value is -0.430. The highest BCUT2D eigenvalue weighted by atomic mass is 32.2. The fraction of sp³-hybridized carbons (Fsp3) is 0.500. The Morgan fingerprint density at radius 1 is 1.38 bits per heavy atom. The van der Waals surface area contributed by atoms with Crippen LogP contribution < -0.4 is 0 Å². The maximum atomic E-state index is 4.00. The first-order valence-electron chi connectivity index (χ1n) is 4.52. The Balaban J connectivity index is 4.15. The minimum Gasteiger partial charge on any atom is -0.138 e. The predicted octanol–water partition coefficient (Wildman–Crippen LogP) is 4.41. The zero-order valence-electron chi connectivity index (χ0n) is 9.18. The summed E-state index contributed by atoms with van der Waals surface area (Å²) >= 11 is 1.76. The Kier molecular flexibility index (Phi) is 5.89. The van der Waals surface area contributed by atoms with Gasteiger partial charge in [0.15, 0.2) is 0 Å². The van der Waals surface area contributed by atoms with Gasteiger partial charge in [-0.05, 0) is 37.9 Å². The molecular weight excluding hydrogens is 176 g/mol. The van der Waals surface area contributed by atoms with Crippen molar-refractivity contribution in [2.24, 2.45) is 5.92 Å². The maximum Gasteiger partial charge on any atom is -0.0142 e. The van der Waals surface area contributed by atoms with Crippen molar-refractivity contribution in [3.05, 3.63) is 35.3 Å². The molecule has 0 spiro atoms. The second-order valence-electron chi connectivity index (χ2n) is 3.59. The normalized spacial score (nSPS) is 14.0. The van der Waals surface area contributed by atoms with E-state index in [2.05, 4.69) is 38.7 Å². The second kappa shape index (κ2) is 6.09. The molecule has 0 bridgehead atoms. The van der Waals surface area contributed by atoms with Crippen molar-refractivity contribution in [2.75, 3.05) is 6.26 Å². The average Bonchev–Trinajstić information content (AvgIpc) is 2.04. The van der Waals surface area contributed by atoms with Crippen LogP contribution in [-0.2, 0) is 0 Å². The Bertz CT molecular complexity index is 223. The Morgan fingerprint density at radius 2 is 1.92 bits per heavy atom. The van der Waals surface area contributed by atoms with Gasteiger partial charge in [0.2, 0.25) is 0 Å². The lowest BCUT2D eigenvalue weighted by Crippen LogP contribution is -1.98. The zero-order chi connectivity index (χ0) is 10.4. The van der Waals surface area contributed by atoms with Crippen molar-refractivity contribution in [1.82, 2.24) is 0 Å². The van der Waals surface area contributed by atoms with E-state index in [1.54, 1.807) is 11.8 Å². The van der Waals surface area contributed by atoms with Gasteiger partial charge >= 0.3 is 0 Å². The maximum absolute atomic E-state index is 4.00. The van der Waals surface area contributed by atoms with Gasteiger partial charge in [-0.3, -0.25) is 0 Å². The highest BCUT2D eigenvalue weighted by molar-refractivity contribution is 8.01. The number of rotatable bonds is 5. The minimum absolute atomic E-state index is 0.580. The molecule has 0 aromatic heterocycles. The number of allylic oxidation sites excluding steroid dienone is 3. The molecule has 0 aromatic rings. The average molecular weight is 196 g/mol. The summed E-state index contributed by atoms with van der Waals surface area (Å²) in [5.41, 5.74) is 3.69. The van der Waals surface area contributed by atoms with E-state index in [-0.39, 0.29) is 0 Å². The highest BCUT2D eigenvalue weighted by Crippen LogP contribution is 2.23.